The monoisotopic (exact) mass is 277 g/mol. The van der Waals surface area contributed by atoms with Crippen LogP contribution in [0.15, 0.2) is 22.8 Å². The van der Waals surface area contributed by atoms with Crippen LogP contribution in [0.2, 0.25) is 0 Å². The second-order valence-corrected chi connectivity index (χ2v) is 5.64. The fourth-order valence-electron chi connectivity index (χ4n) is 2.92. The first-order chi connectivity index (χ1) is 9.61. The molecule has 0 saturated carbocycles. The number of carbonyl (C=O) groups is 2. The smallest absolute Gasteiger partial charge is 0.325 e. The van der Waals surface area contributed by atoms with Gasteiger partial charge in [0.1, 0.15) is 5.76 Å². The van der Waals surface area contributed by atoms with Crippen molar-refractivity contribution in [2.24, 2.45) is 5.92 Å². The molecule has 3 rings (SSSR count). The maximum Gasteiger partial charge on any atom is 0.325 e. The molecule has 3 heterocycles. The summed E-state index contributed by atoms with van der Waals surface area (Å²) in [6.07, 6.45) is 3.50. The number of furan rings is 1. The lowest BCUT2D eigenvalue weighted by Gasteiger charge is -2.26. The Morgan fingerprint density at radius 1 is 1.40 bits per heavy atom. The number of rotatable bonds is 3. The molecule has 2 aliphatic heterocycles. The van der Waals surface area contributed by atoms with Gasteiger partial charge >= 0.3 is 6.03 Å². The topological polar surface area (TPSA) is 74.6 Å². The van der Waals surface area contributed by atoms with Gasteiger partial charge in [-0.1, -0.05) is 0 Å². The highest BCUT2D eigenvalue weighted by molar-refractivity contribution is 6.06. The van der Waals surface area contributed by atoms with E-state index in [1.165, 1.54) is 11.2 Å². The van der Waals surface area contributed by atoms with E-state index in [2.05, 4.69) is 10.6 Å². The number of hydrogen-bond acceptors (Lipinski definition) is 4. The van der Waals surface area contributed by atoms with Gasteiger partial charge in [0.2, 0.25) is 0 Å². The molecule has 6 heteroatoms. The summed E-state index contributed by atoms with van der Waals surface area (Å²) < 4.78 is 5.31. The molecule has 2 fully saturated rings. The highest BCUT2D eigenvalue weighted by Crippen LogP contribution is 2.30. The molecular formula is C14H19N3O3. The minimum absolute atomic E-state index is 0.226. The molecule has 2 N–H and O–H groups in total. The van der Waals surface area contributed by atoms with Gasteiger partial charge < -0.3 is 15.1 Å². The van der Waals surface area contributed by atoms with Crippen LogP contribution >= 0.6 is 0 Å². The van der Waals surface area contributed by atoms with Crippen molar-refractivity contribution in [3.05, 3.63) is 24.2 Å². The second-order valence-electron chi connectivity index (χ2n) is 5.64. The number of piperidine rings is 1. The van der Waals surface area contributed by atoms with Gasteiger partial charge in [-0.15, -0.1) is 0 Å². The molecular weight excluding hydrogens is 258 g/mol. The zero-order valence-electron chi connectivity index (χ0n) is 11.5. The molecule has 0 spiro atoms. The Balaban J connectivity index is 1.76. The second kappa shape index (κ2) is 4.94. The molecule has 0 aliphatic carbocycles. The van der Waals surface area contributed by atoms with Gasteiger partial charge in [0.25, 0.3) is 5.91 Å². The summed E-state index contributed by atoms with van der Waals surface area (Å²) in [6.45, 7) is 4.07. The van der Waals surface area contributed by atoms with E-state index in [4.69, 9.17) is 4.42 Å². The Morgan fingerprint density at radius 3 is 2.80 bits per heavy atom. The molecule has 1 aromatic rings. The van der Waals surface area contributed by atoms with Crippen molar-refractivity contribution < 1.29 is 14.0 Å². The summed E-state index contributed by atoms with van der Waals surface area (Å²) in [6, 6.07) is 3.11. The van der Waals surface area contributed by atoms with Gasteiger partial charge in [-0.25, -0.2) is 4.79 Å². The zero-order valence-corrected chi connectivity index (χ0v) is 11.5. The van der Waals surface area contributed by atoms with Gasteiger partial charge in [0.05, 0.1) is 6.26 Å². The van der Waals surface area contributed by atoms with Crippen molar-refractivity contribution >= 4 is 11.9 Å². The van der Waals surface area contributed by atoms with Crippen LogP contribution in [0.5, 0.6) is 0 Å². The summed E-state index contributed by atoms with van der Waals surface area (Å²) >= 11 is 0. The number of amides is 3. The van der Waals surface area contributed by atoms with E-state index >= 15 is 0 Å². The highest BCUT2D eigenvalue weighted by Gasteiger charge is 2.51. The average molecular weight is 277 g/mol. The number of nitrogens with zero attached hydrogens (tertiary/aromatic N) is 1. The normalized spacial score (nSPS) is 27.9. The van der Waals surface area contributed by atoms with E-state index < -0.39 is 5.54 Å². The van der Waals surface area contributed by atoms with Crippen LogP contribution in [-0.4, -0.2) is 36.5 Å². The van der Waals surface area contributed by atoms with Crippen LogP contribution < -0.4 is 10.6 Å². The Labute approximate surface area is 117 Å². The van der Waals surface area contributed by atoms with Crippen LogP contribution in [0.4, 0.5) is 4.79 Å². The van der Waals surface area contributed by atoms with Crippen LogP contribution in [-0.2, 0) is 10.3 Å². The molecule has 2 aliphatic rings. The van der Waals surface area contributed by atoms with E-state index in [0.717, 1.165) is 25.9 Å². The molecule has 1 atom stereocenters. The van der Waals surface area contributed by atoms with E-state index in [1.54, 1.807) is 19.1 Å². The van der Waals surface area contributed by atoms with Crippen LogP contribution in [0.3, 0.4) is 0 Å². The fraction of sp³-hybridized carbons (Fsp3) is 0.571. The number of imide groups is 1. The third-order valence-electron chi connectivity index (χ3n) is 4.19. The van der Waals surface area contributed by atoms with E-state index in [9.17, 15) is 9.59 Å². The third-order valence-corrected chi connectivity index (χ3v) is 4.19. The molecule has 20 heavy (non-hydrogen) atoms. The average Bonchev–Trinajstić information content (AvgIpc) is 3.05. The zero-order chi connectivity index (χ0) is 14.2. The first-order valence-electron chi connectivity index (χ1n) is 7.00. The van der Waals surface area contributed by atoms with Crippen molar-refractivity contribution in [3.8, 4) is 0 Å². The molecule has 3 amide bonds. The van der Waals surface area contributed by atoms with Gasteiger partial charge in [-0.3, -0.25) is 9.69 Å². The quantitative estimate of drug-likeness (QED) is 0.810. The molecule has 0 radical (unpaired) electrons. The minimum Gasteiger partial charge on any atom is -0.466 e. The number of carbonyl (C=O) groups excluding carboxylic acids is 2. The summed E-state index contributed by atoms with van der Waals surface area (Å²) in [5, 5.41) is 6.03. The predicted molar refractivity (Wildman–Crippen MR) is 71.9 cm³/mol. The van der Waals surface area contributed by atoms with Crippen LogP contribution in [0.1, 0.15) is 25.5 Å². The summed E-state index contributed by atoms with van der Waals surface area (Å²) in [4.78, 5) is 26.0. The Bertz CT molecular complexity index is 508. The molecule has 1 aromatic heterocycles. The largest absolute Gasteiger partial charge is 0.466 e. The Morgan fingerprint density at radius 2 is 2.15 bits per heavy atom. The molecule has 0 bridgehead atoms. The van der Waals surface area contributed by atoms with Crippen molar-refractivity contribution in [2.45, 2.75) is 25.3 Å². The van der Waals surface area contributed by atoms with E-state index in [0.29, 0.717) is 18.2 Å². The summed E-state index contributed by atoms with van der Waals surface area (Å²) in [7, 11) is 0. The van der Waals surface area contributed by atoms with Gasteiger partial charge in [0.15, 0.2) is 5.54 Å². The SMILES string of the molecule is CC1(c2ccco2)NC(=O)N(CC2CCNCC2)C1=O. The van der Waals surface area contributed by atoms with E-state index in [-0.39, 0.29) is 11.9 Å². The standard InChI is InChI=1S/C14H19N3O3/c1-14(11-3-2-8-20-11)12(18)17(13(19)16-14)9-10-4-6-15-7-5-10/h2-3,8,10,15H,4-7,9H2,1H3,(H,16,19). The van der Waals surface area contributed by atoms with Crippen molar-refractivity contribution in [2.75, 3.05) is 19.6 Å². The molecule has 2 saturated heterocycles. The first kappa shape index (κ1) is 13.2. The third kappa shape index (κ3) is 2.10. The van der Waals surface area contributed by atoms with E-state index in [1.807, 2.05) is 0 Å². The van der Waals surface area contributed by atoms with Gasteiger partial charge in [-0.2, -0.15) is 0 Å². The molecule has 0 aromatic carbocycles. The first-order valence-corrected chi connectivity index (χ1v) is 7.00. The minimum atomic E-state index is -1.08. The van der Waals surface area contributed by atoms with Gasteiger partial charge in [0, 0.05) is 6.54 Å². The van der Waals surface area contributed by atoms with Crippen LogP contribution in [0.25, 0.3) is 0 Å². The molecule has 6 nitrogen and oxygen atoms in total. The number of urea groups is 1. The highest BCUT2D eigenvalue weighted by atomic mass is 16.3. The molecule has 1 unspecified atom stereocenters. The van der Waals surface area contributed by atoms with Crippen LogP contribution in [0, 0.1) is 5.92 Å². The maximum atomic E-state index is 12.6. The lowest BCUT2D eigenvalue weighted by molar-refractivity contribution is -0.132. The number of hydrogen-bond donors (Lipinski definition) is 2. The Hall–Kier alpha value is -1.82. The maximum absolute atomic E-state index is 12.6. The molecule has 108 valence electrons. The Kier molecular flexibility index (Phi) is 3.25. The summed E-state index contributed by atoms with van der Waals surface area (Å²) in [5.41, 5.74) is -1.08. The van der Waals surface area contributed by atoms with Crippen molar-refractivity contribution in [1.29, 1.82) is 0 Å². The number of nitrogens with one attached hydrogen (secondary N) is 2. The van der Waals surface area contributed by atoms with Crippen molar-refractivity contribution in [1.82, 2.24) is 15.5 Å². The van der Waals surface area contributed by atoms with Gasteiger partial charge in [-0.05, 0) is 50.9 Å². The summed E-state index contributed by atoms with van der Waals surface area (Å²) in [5.74, 6) is 0.629. The van der Waals surface area contributed by atoms with Crippen molar-refractivity contribution in [3.63, 3.8) is 0 Å². The predicted octanol–water partition coefficient (Wildman–Crippen LogP) is 1.05. The lowest BCUT2D eigenvalue weighted by atomic mass is 9.96. The lowest BCUT2D eigenvalue weighted by Crippen LogP contribution is -2.42. The fourth-order valence-corrected chi connectivity index (χ4v) is 2.92.